The van der Waals surface area contributed by atoms with Crippen LogP contribution in [0.5, 0.6) is 0 Å². The van der Waals surface area contributed by atoms with Gasteiger partial charge in [0.1, 0.15) is 12.2 Å². The molecule has 0 atom stereocenters. The first-order chi connectivity index (χ1) is 12.1. The van der Waals surface area contributed by atoms with E-state index in [-0.39, 0.29) is 18.0 Å². The number of aryl methyl sites for hydroxylation is 1. The van der Waals surface area contributed by atoms with Gasteiger partial charge in [-0.3, -0.25) is 9.63 Å². The first kappa shape index (κ1) is 17.8. The van der Waals surface area contributed by atoms with Crippen molar-refractivity contribution in [1.82, 2.24) is 9.96 Å². The molecule has 0 amide bonds. The summed E-state index contributed by atoms with van der Waals surface area (Å²) in [7, 11) is 2.07. The fourth-order valence-electron chi connectivity index (χ4n) is 3.03. The zero-order valence-corrected chi connectivity index (χ0v) is 14.8. The molecule has 0 bridgehead atoms. The predicted molar refractivity (Wildman–Crippen MR) is 95.8 cm³/mol. The summed E-state index contributed by atoms with van der Waals surface area (Å²) >= 11 is 0. The molecular weight excluding hydrogens is 320 g/mol. The van der Waals surface area contributed by atoms with Crippen LogP contribution in [0.3, 0.4) is 0 Å². The van der Waals surface area contributed by atoms with Crippen LogP contribution < -0.4 is 5.63 Å². The van der Waals surface area contributed by atoms with Crippen LogP contribution in [0.1, 0.15) is 29.3 Å². The third-order valence-corrected chi connectivity index (χ3v) is 4.51. The number of carbonyl (C=O) groups is 1. The summed E-state index contributed by atoms with van der Waals surface area (Å²) in [5.74, 6) is -0.121. The highest BCUT2D eigenvalue weighted by atomic mass is 16.7. The highest BCUT2D eigenvalue weighted by Gasteiger charge is 2.17. The Labute approximate surface area is 146 Å². The first-order valence-corrected chi connectivity index (χ1v) is 8.73. The lowest BCUT2D eigenvalue weighted by Gasteiger charge is -2.31. The summed E-state index contributed by atoms with van der Waals surface area (Å²) in [5, 5.41) is 2.72. The molecule has 0 unspecified atom stereocenters. The van der Waals surface area contributed by atoms with Gasteiger partial charge in [0.05, 0.1) is 0 Å². The van der Waals surface area contributed by atoms with Crippen LogP contribution in [-0.2, 0) is 11.3 Å². The number of Topliss-reactive ketones (excluding diaryl/α,β-unsaturated/α-hetero) is 1. The minimum absolute atomic E-state index is 0.00585. The highest BCUT2D eigenvalue weighted by molar-refractivity contribution is 6.00. The topological polar surface area (TPSA) is 63.0 Å². The lowest BCUT2D eigenvalue weighted by molar-refractivity contribution is -0.164. The largest absolute Gasteiger partial charge is 0.423 e. The summed E-state index contributed by atoms with van der Waals surface area (Å²) in [5.41, 5.74) is 1.54. The van der Waals surface area contributed by atoms with Crippen molar-refractivity contribution < 1.29 is 14.0 Å². The number of piperazine rings is 1. The number of carbonyl (C=O) groups excluding carboxylic acids is 1. The molecule has 3 rings (SSSR count). The van der Waals surface area contributed by atoms with E-state index in [9.17, 15) is 9.59 Å². The number of ketones is 1. The summed E-state index contributed by atoms with van der Waals surface area (Å²) in [6.07, 6.45) is 1.75. The Morgan fingerprint density at radius 2 is 1.96 bits per heavy atom. The molecule has 0 spiro atoms. The quantitative estimate of drug-likeness (QED) is 0.591. The molecule has 6 nitrogen and oxygen atoms in total. The fraction of sp³-hybridized carbons (Fsp3) is 0.474. The molecule has 1 saturated heterocycles. The molecule has 0 N–H and O–H groups in total. The molecule has 0 saturated carbocycles. The standard InChI is InChI=1S/C19H24N2O4/c1-3-4-14-12-19(23)25-18-11-15(5-6-16(14)18)17(22)13-24-21-9-7-20(2)8-10-21/h5-6,11-12H,3-4,7-10,13H2,1-2H3. The summed E-state index contributed by atoms with van der Waals surface area (Å²) in [6, 6.07) is 6.80. The second-order valence-electron chi connectivity index (χ2n) is 6.48. The lowest BCUT2D eigenvalue weighted by atomic mass is 10.0. The van der Waals surface area contributed by atoms with Crippen LogP contribution in [0.2, 0.25) is 0 Å². The maximum atomic E-state index is 12.4. The van der Waals surface area contributed by atoms with E-state index >= 15 is 0 Å². The average Bonchev–Trinajstić information content (AvgIpc) is 2.60. The highest BCUT2D eigenvalue weighted by Crippen LogP contribution is 2.20. The molecule has 1 aromatic heterocycles. The Morgan fingerprint density at radius 3 is 2.68 bits per heavy atom. The van der Waals surface area contributed by atoms with E-state index in [2.05, 4.69) is 18.9 Å². The molecule has 1 aliphatic rings. The van der Waals surface area contributed by atoms with Crippen molar-refractivity contribution >= 4 is 16.8 Å². The van der Waals surface area contributed by atoms with E-state index < -0.39 is 0 Å². The van der Waals surface area contributed by atoms with Crippen molar-refractivity contribution in [2.45, 2.75) is 19.8 Å². The maximum absolute atomic E-state index is 12.4. The number of nitrogens with zero attached hydrogens (tertiary/aromatic N) is 2. The van der Waals surface area contributed by atoms with Gasteiger partial charge in [-0.2, -0.15) is 5.06 Å². The minimum Gasteiger partial charge on any atom is -0.423 e. The lowest BCUT2D eigenvalue weighted by Crippen LogP contribution is -2.44. The summed E-state index contributed by atoms with van der Waals surface area (Å²) < 4.78 is 5.28. The van der Waals surface area contributed by atoms with E-state index in [4.69, 9.17) is 9.25 Å². The van der Waals surface area contributed by atoms with Crippen LogP contribution >= 0.6 is 0 Å². The monoisotopic (exact) mass is 344 g/mol. The number of rotatable bonds is 6. The second kappa shape index (κ2) is 7.91. The molecule has 25 heavy (non-hydrogen) atoms. The van der Waals surface area contributed by atoms with Crippen LogP contribution in [0.15, 0.2) is 33.5 Å². The molecular formula is C19H24N2O4. The van der Waals surface area contributed by atoms with Crippen molar-refractivity contribution in [1.29, 1.82) is 0 Å². The molecule has 1 aliphatic heterocycles. The Balaban J connectivity index is 1.72. The van der Waals surface area contributed by atoms with Gasteiger partial charge in [-0.25, -0.2) is 4.79 Å². The number of hydroxylamine groups is 2. The van der Waals surface area contributed by atoms with Gasteiger partial charge in [0, 0.05) is 43.2 Å². The number of hydrogen-bond acceptors (Lipinski definition) is 6. The Kier molecular flexibility index (Phi) is 5.63. The smallest absolute Gasteiger partial charge is 0.336 e. The van der Waals surface area contributed by atoms with Crippen LogP contribution in [0, 0.1) is 0 Å². The van der Waals surface area contributed by atoms with Crippen molar-refractivity contribution in [3.8, 4) is 0 Å². The first-order valence-electron chi connectivity index (χ1n) is 8.73. The number of fused-ring (bicyclic) bond motifs is 1. The van der Waals surface area contributed by atoms with Crippen LogP contribution in [-0.4, -0.2) is 55.6 Å². The van der Waals surface area contributed by atoms with Gasteiger partial charge in [-0.15, -0.1) is 0 Å². The minimum atomic E-state index is -0.380. The number of benzene rings is 1. The predicted octanol–water partition coefficient (Wildman–Crippen LogP) is 2.11. The fourth-order valence-corrected chi connectivity index (χ4v) is 3.03. The van der Waals surface area contributed by atoms with Gasteiger partial charge >= 0.3 is 5.63 Å². The normalized spacial score (nSPS) is 16.4. The maximum Gasteiger partial charge on any atom is 0.336 e. The third kappa shape index (κ3) is 4.34. The molecule has 2 heterocycles. The molecule has 6 heteroatoms. The Hall–Kier alpha value is -2.02. The van der Waals surface area contributed by atoms with E-state index in [1.54, 1.807) is 12.1 Å². The van der Waals surface area contributed by atoms with Gasteiger partial charge < -0.3 is 9.32 Å². The SMILES string of the molecule is CCCc1cc(=O)oc2cc(C(=O)CON3CCN(C)CC3)ccc12. The van der Waals surface area contributed by atoms with E-state index in [0.717, 1.165) is 50.0 Å². The zero-order valence-electron chi connectivity index (χ0n) is 14.8. The van der Waals surface area contributed by atoms with Crippen molar-refractivity contribution in [2.75, 3.05) is 39.8 Å². The number of hydrogen-bond donors (Lipinski definition) is 0. The Bertz CT molecular complexity index is 807. The van der Waals surface area contributed by atoms with Crippen molar-refractivity contribution in [3.05, 3.63) is 45.8 Å². The molecule has 0 aliphatic carbocycles. The van der Waals surface area contributed by atoms with Gasteiger partial charge in [-0.05, 0) is 25.1 Å². The molecule has 134 valence electrons. The average molecular weight is 344 g/mol. The van der Waals surface area contributed by atoms with Crippen molar-refractivity contribution in [2.24, 2.45) is 0 Å². The van der Waals surface area contributed by atoms with Crippen LogP contribution in [0.25, 0.3) is 11.0 Å². The van der Waals surface area contributed by atoms with E-state index in [0.29, 0.717) is 11.1 Å². The van der Waals surface area contributed by atoms with Gasteiger partial charge in [0.25, 0.3) is 0 Å². The van der Waals surface area contributed by atoms with E-state index in [1.807, 2.05) is 11.1 Å². The van der Waals surface area contributed by atoms with Gasteiger partial charge in [-0.1, -0.05) is 25.5 Å². The summed E-state index contributed by atoms with van der Waals surface area (Å²) in [4.78, 5) is 32.0. The second-order valence-corrected chi connectivity index (χ2v) is 6.48. The van der Waals surface area contributed by atoms with Gasteiger partial charge in [0.2, 0.25) is 0 Å². The molecule has 1 aromatic carbocycles. The third-order valence-electron chi connectivity index (χ3n) is 4.51. The summed E-state index contributed by atoms with van der Waals surface area (Å²) in [6.45, 7) is 5.49. The van der Waals surface area contributed by atoms with E-state index in [1.165, 1.54) is 6.07 Å². The van der Waals surface area contributed by atoms with Gasteiger partial charge in [0.15, 0.2) is 5.78 Å². The van der Waals surface area contributed by atoms with Crippen molar-refractivity contribution in [3.63, 3.8) is 0 Å². The van der Waals surface area contributed by atoms with Crippen LogP contribution in [0.4, 0.5) is 0 Å². The zero-order chi connectivity index (χ0) is 17.8. The molecule has 2 aromatic rings. The molecule has 0 radical (unpaired) electrons. The Morgan fingerprint density at radius 1 is 1.20 bits per heavy atom. The molecule has 1 fully saturated rings. The number of likely N-dealkylation sites (N-methyl/N-ethyl adjacent to an activating group) is 1.